The zero-order chi connectivity index (χ0) is 16.6. The van der Waals surface area contributed by atoms with Gasteiger partial charge in [-0.15, -0.1) is 0 Å². The predicted molar refractivity (Wildman–Crippen MR) is 88.3 cm³/mol. The first-order chi connectivity index (χ1) is 11.0. The Morgan fingerprint density at radius 2 is 1.91 bits per heavy atom. The highest BCUT2D eigenvalue weighted by Crippen LogP contribution is 2.38. The standard InChI is InChI=1S/C19H22FNO2/c1-11-12(2)21-18-16(19(11)23-13(3)22)9-15(10-17(18)20)14-7-5-4-6-8-14/h9-10,14H,4-8H2,1-3H3. The quantitative estimate of drug-likeness (QED) is 0.735. The van der Waals surface area contributed by atoms with E-state index in [0.29, 0.717) is 22.7 Å². The SMILES string of the molecule is CC(=O)Oc1c(C)c(C)nc2c(F)cc(C3CCCCC3)cc12. The van der Waals surface area contributed by atoms with E-state index in [-0.39, 0.29) is 11.3 Å². The topological polar surface area (TPSA) is 39.2 Å². The third-order valence-electron chi connectivity index (χ3n) is 4.82. The molecular formula is C19H22FNO2. The van der Waals surface area contributed by atoms with Gasteiger partial charge in [-0.25, -0.2) is 9.37 Å². The number of aryl methyl sites for hydroxylation is 1. The molecule has 3 nitrogen and oxygen atoms in total. The van der Waals surface area contributed by atoms with Crippen LogP contribution in [-0.2, 0) is 4.79 Å². The van der Waals surface area contributed by atoms with E-state index in [1.807, 2.05) is 13.0 Å². The Morgan fingerprint density at radius 1 is 1.22 bits per heavy atom. The average Bonchev–Trinajstić information content (AvgIpc) is 2.53. The Labute approximate surface area is 135 Å². The molecule has 0 radical (unpaired) electrons. The molecule has 1 aromatic carbocycles. The van der Waals surface area contributed by atoms with Gasteiger partial charge in [-0.2, -0.15) is 0 Å². The number of fused-ring (bicyclic) bond motifs is 1. The van der Waals surface area contributed by atoms with Crippen LogP contribution in [0.4, 0.5) is 4.39 Å². The summed E-state index contributed by atoms with van der Waals surface area (Å²) in [5.41, 5.74) is 2.74. The summed E-state index contributed by atoms with van der Waals surface area (Å²) in [6.45, 7) is 5.02. The molecule has 0 amide bonds. The molecule has 1 saturated carbocycles. The summed E-state index contributed by atoms with van der Waals surface area (Å²) in [5, 5.41) is 0.601. The molecule has 0 aliphatic heterocycles. The first-order valence-electron chi connectivity index (χ1n) is 8.26. The molecule has 2 aromatic rings. The highest BCUT2D eigenvalue weighted by molar-refractivity contribution is 5.90. The van der Waals surface area contributed by atoms with Crippen molar-refractivity contribution in [3.8, 4) is 5.75 Å². The minimum atomic E-state index is -0.400. The van der Waals surface area contributed by atoms with E-state index in [1.54, 1.807) is 13.0 Å². The number of carbonyl (C=O) groups excluding carboxylic acids is 1. The molecule has 122 valence electrons. The Hall–Kier alpha value is -1.97. The van der Waals surface area contributed by atoms with Crippen LogP contribution in [0.1, 0.15) is 61.8 Å². The van der Waals surface area contributed by atoms with Crippen LogP contribution in [0.3, 0.4) is 0 Å². The molecule has 4 heteroatoms. The molecule has 0 saturated heterocycles. The Morgan fingerprint density at radius 3 is 2.57 bits per heavy atom. The van der Waals surface area contributed by atoms with Gasteiger partial charge in [0.25, 0.3) is 0 Å². The summed E-state index contributed by atoms with van der Waals surface area (Å²) in [7, 11) is 0. The number of benzene rings is 1. The number of aromatic nitrogens is 1. The number of hydrogen-bond donors (Lipinski definition) is 0. The van der Waals surface area contributed by atoms with E-state index in [4.69, 9.17) is 4.74 Å². The Balaban J connectivity index is 2.20. The van der Waals surface area contributed by atoms with Crippen molar-refractivity contribution in [1.29, 1.82) is 0 Å². The summed E-state index contributed by atoms with van der Waals surface area (Å²) in [6.07, 6.45) is 5.81. The first kappa shape index (κ1) is 15.9. The zero-order valence-electron chi connectivity index (χ0n) is 13.9. The van der Waals surface area contributed by atoms with Crippen LogP contribution in [0.25, 0.3) is 10.9 Å². The molecule has 0 bridgehead atoms. The molecule has 0 spiro atoms. The molecular weight excluding hydrogens is 293 g/mol. The van der Waals surface area contributed by atoms with Crippen LogP contribution in [0, 0.1) is 19.7 Å². The van der Waals surface area contributed by atoms with Crippen molar-refractivity contribution in [2.45, 2.75) is 58.8 Å². The maximum Gasteiger partial charge on any atom is 0.308 e. The van der Waals surface area contributed by atoms with Crippen molar-refractivity contribution in [3.05, 3.63) is 34.8 Å². The molecule has 1 aromatic heterocycles. The molecule has 1 heterocycles. The molecule has 1 aliphatic rings. The number of nitrogens with zero attached hydrogens (tertiary/aromatic N) is 1. The summed E-state index contributed by atoms with van der Waals surface area (Å²) < 4.78 is 20.0. The Kier molecular flexibility index (Phi) is 4.33. The molecule has 0 unspecified atom stereocenters. The van der Waals surface area contributed by atoms with Gasteiger partial charge in [0.05, 0.1) is 0 Å². The smallest absolute Gasteiger partial charge is 0.308 e. The number of esters is 1. The van der Waals surface area contributed by atoms with Gasteiger partial charge < -0.3 is 4.74 Å². The van der Waals surface area contributed by atoms with Crippen molar-refractivity contribution < 1.29 is 13.9 Å². The third kappa shape index (κ3) is 3.07. The summed E-state index contributed by atoms with van der Waals surface area (Å²) >= 11 is 0. The maximum atomic E-state index is 14.6. The zero-order valence-corrected chi connectivity index (χ0v) is 13.9. The number of ether oxygens (including phenoxy) is 1. The fourth-order valence-electron chi connectivity index (χ4n) is 3.47. The predicted octanol–water partition coefficient (Wildman–Crippen LogP) is 4.96. The minimum absolute atomic E-state index is 0.281. The number of carbonyl (C=O) groups is 1. The van der Waals surface area contributed by atoms with Crippen LogP contribution >= 0.6 is 0 Å². The van der Waals surface area contributed by atoms with Crippen LogP contribution in [-0.4, -0.2) is 11.0 Å². The highest BCUT2D eigenvalue weighted by atomic mass is 19.1. The van der Waals surface area contributed by atoms with Gasteiger partial charge in [0, 0.05) is 23.6 Å². The number of rotatable bonds is 2. The summed E-state index contributed by atoms with van der Waals surface area (Å²) in [6, 6.07) is 3.57. The third-order valence-corrected chi connectivity index (χ3v) is 4.82. The van der Waals surface area contributed by atoms with Crippen molar-refractivity contribution in [1.82, 2.24) is 4.98 Å². The van der Waals surface area contributed by atoms with Crippen molar-refractivity contribution in [3.63, 3.8) is 0 Å². The second-order valence-corrected chi connectivity index (χ2v) is 6.48. The van der Waals surface area contributed by atoms with Gasteiger partial charge in [-0.05, 0) is 50.3 Å². The van der Waals surface area contributed by atoms with Gasteiger partial charge in [0.1, 0.15) is 17.1 Å². The van der Waals surface area contributed by atoms with Crippen LogP contribution in [0.15, 0.2) is 12.1 Å². The van der Waals surface area contributed by atoms with Gasteiger partial charge in [0.2, 0.25) is 0 Å². The summed E-state index contributed by atoms with van der Waals surface area (Å²) in [5.74, 6) is 0.0917. The van der Waals surface area contributed by atoms with Crippen molar-refractivity contribution in [2.24, 2.45) is 0 Å². The fourth-order valence-corrected chi connectivity index (χ4v) is 3.47. The number of hydrogen-bond acceptors (Lipinski definition) is 3. The average molecular weight is 315 g/mol. The fraction of sp³-hybridized carbons (Fsp3) is 0.474. The molecule has 0 atom stereocenters. The van der Waals surface area contributed by atoms with Gasteiger partial charge in [-0.3, -0.25) is 4.79 Å². The van der Waals surface area contributed by atoms with Crippen molar-refractivity contribution >= 4 is 16.9 Å². The number of pyridine rings is 1. The maximum absolute atomic E-state index is 14.6. The second-order valence-electron chi connectivity index (χ2n) is 6.48. The monoisotopic (exact) mass is 315 g/mol. The minimum Gasteiger partial charge on any atom is -0.426 e. The molecule has 0 N–H and O–H groups in total. The van der Waals surface area contributed by atoms with E-state index < -0.39 is 5.97 Å². The number of halogens is 1. The molecule has 1 fully saturated rings. The molecule has 23 heavy (non-hydrogen) atoms. The van der Waals surface area contributed by atoms with Crippen LogP contribution in [0.2, 0.25) is 0 Å². The van der Waals surface area contributed by atoms with Gasteiger partial charge in [-0.1, -0.05) is 19.3 Å². The lowest BCUT2D eigenvalue weighted by molar-refractivity contribution is -0.131. The van der Waals surface area contributed by atoms with Gasteiger partial charge in [0.15, 0.2) is 0 Å². The van der Waals surface area contributed by atoms with Crippen molar-refractivity contribution in [2.75, 3.05) is 0 Å². The van der Waals surface area contributed by atoms with Gasteiger partial charge >= 0.3 is 5.97 Å². The molecule has 1 aliphatic carbocycles. The lowest BCUT2D eigenvalue weighted by atomic mass is 9.83. The largest absolute Gasteiger partial charge is 0.426 e. The second kappa shape index (κ2) is 6.26. The van der Waals surface area contributed by atoms with E-state index in [2.05, 4.69) is 4.98 Å². The van der Waals surface area contributed by atoms with E-state index in [9.17, 15) is 9.18 Å². The normalized spacial score (nSPS) is 15.8. The van der Waals surface area contributed by atoms with Crippen LogP contribution in [0.5, 0.6) is 5.75 Å². The molecule has 3 rings (SSSR count). The first-order valence-corrected chi connectivity index (χ1v) is 8.26. The van der Waals surface area contributed by atoms with E-state index in [1.165, 1.54) is 26.2 Å². The van der Waals surface area contributed by atoms with E-state index >= 15 is 0 Å². The Bertz CT molecular complexity index is 764. The summed E-state index contributed by atoms with van der Waals surface area (Å²) in [4.78, 5) is 15.8. The lowest BCUT2D eigenvalue weighted by Crippen LogP contribution is -2.08. The lowest BCUT2D eigenvalue weighted by Gasteiger charge is -2.23. The highest BCUT2D eigenvalue weighted by Gasteiger charge is 2.21. The van der Waals surface area contributed by atoms with Crippen LogP contribution < -0.4 is 4.74 Å². The van der Waals surface area contributed by atoms with E-state index in [0.717, 1.165) is 24.0 Å².